The van der Waals surface area contributed by atoms with E-state index in [1.54, 1.807) is 23.1 Å². The summed E-state index contributed by atoms with van der Waals surface area (Å²) in [6, 6.07) is 7.71. The van der Waals surface area contributed by atoms with Crippen LogP contribution in [0.3, 0.4) is 0 Å². The Labute approximate surface area is 151 Å². The first-order valence-corrected chi connectivity index (χ1v) is 8.85. The fourth-order valence-corrected chi connectivity index (χ4v) is 3.20. The molecule has 0 aromatic carbocycles. The van der Waals surface area contributed by atoms with E-state index < -0.39 is 0 Å². The van der Waals surface area contributed by atoms with Gasteiger partial charge >= 0.3 is 0 Å². The normalized spacial score (nSPS) is 17.5. The van der Waals surface area contributed by atoms with Crippen LogP contribution in [0.2, 0.25) is 0 Å². The molecule has 0 aliphatic carbocycles. The number of pyridine rings is 1. The van der Waals surface area contributed by atoms with Gasteiger partial charge in [0, 0.05) is 24.1 Å². The van der Waals surface area contributed by atoms with E-state index in [4.69, 9.17) is 0 Å². The molecule has 0 bridgehead atoms. The van der Waals surface area contributed by atoms with Crippen LogP contribution >= 0.6 is 0 Å². The lowest BCUT2D eigenvalue weighted by Gasteiger charge is -2.25. The molecular weight excluding hydrogens is 332 g/mol. The Hall–Kier alpha value is -2.70. The Morgan fingerprint density at radius 1 is 1.23 bits per heavy atom. The van der Waals surface area contributed by atoms with Gasteiger partial charge < -0.3 is 9.88 Å². The molecule has 3 rings (SSSR count). The van der Waals surface area contributed by atoms with Gasteiger partial charge in [0.25, 0.3) is 11.5 Å². The van der Waals surface area contributed by atoms with Gasteiger partial charge in [-0.1, -0.05) is 26.8 Å². The molecule has 1 unspecified atom stereocenters. The molecule has 0 saturated carbocycles. The average molecular weight is 356 g/mol. The van der Waals surface area contributed by atoms with Crippen LogP contribution in [0.4, 0.5) is 0 Å². The fourth-order valence-electron chi connectivity index (χ4n) is 3.20. The molecule has 0 spiro atoms. The van der Waals surface area contributed by atoms with Crippen molar-refractivity contribution in [3.8, 4) is 0 Å². The lowest BCUT2D eigenvalue weighted by atomic mass is 9.92. The number of likely N-dealkylation sites (tertiary alicyclic amines) is 1. The molecule has 138 valence electrons. The summed E-state index contributed by atoms with van der Waals surface area (Å²) in [5, 5.41) is 4.50. The SMILES string of the molecule is CC(C)(C)c1ccc(=O)n(CC2CCCN2C(=O)c2cccc(=O)[nH]2)n1. The molecule has 1 aliphatic heterocycles. The fraction of sp³-hybridized carbons (Fsp3) is 0.474. The van der Waals surface area contributed by atoms with E-state index in [0.29, 0.717) is 13.1 Å². The quantitative estimate of drug-likeness (QED) is 0.903. The number of nitrogens with zero attached hydrogens (tertiary/aromatic N) is 3. The van der Waals surface area contributed by atoms with Gasteiger partial charge in [0.1, 0.15) is 5.69 Å². The summed E-state index contributed by atoms with van der Waals surface area (Å²) < 4.78 is 1.45. The molecule has 1 N–H and O–H groups in total. The number of amides is 1. The highest BCUT2D eigenvalue weighted by atomic mass is 16.2. The molecule has 0 radical (unpaired) electrons. The molecule has 1 saturated heterocycles. The average Bonchev–Trinajstić information content (AvgIpc) is 3.03. The van der Waals surface area contributed by atoms with Crippen LogP contribution in [0.5, 0.6) is 0 Å². The van der Waals surface area contributed by atoms with Crippen LogP contribution in [-0.2, 0) is 12.0 Å². The van der Waals surface area contributed by atoms with Crippen molar-refractivity contribution in [3.05, 3.63) is 62.4 Å². The highest BCUT2D eigenvalue weighted by Gasteiger charge is 2.31. The number of H-pyrrole nitrogens is 1. The zero-order valence-corrected chi connectivity index (χ0v) is 15.4. The molecule has 7 nitrogen and oxygen atoms in total. The predicted molar refractivity (Wildman–Crippen MR) is 98.3 cm³/mol. The van der Waals surface area contributed by atoms with Crippen LogP contribution in [0.1, 0.15) is 49.8 Å². The number of nitrogens with one attached hydrogen (secondary N) is 1. The minimum atomic E-state index is -0.303. The third-order valence-electron chi connectivity index (χ3n) is 4.66. The third kappa shape index (κ3) is 3.76. The van der Waals surface area contributed by atoms with Gasteiger partial charge in [-0.3, -0.25) is 14.4 Å². The predicted octanol–water partition coefficient (Wildman–Crippen LogP) is 1.53. The second-order valence-electron chi connectivity index (χ2n) is 7.71. The summed E-state index contributed by atoms with van der Waals surface area (Å²) in [7, 11) is 0. The van der Waals surface area contributed by atoms with E-state index in [0.717, 1.165) is 18.5 Å². The molecule has 2 aromatic rings. The zero-order valence-electron chi connectivity index (χ0n) is 15.4. The number of carbonyl (C=O) groups is 1. The van der Waals surface area contributed by atoms with Crippen molar-refractivity contribution in [1.29, 1.82) is 0 Å². The number of hydrogen-bond donors (Lipinski definition) is 1. The second kappa shape index (κ2) is 6.90. The molecule has 1 amide bonds. The Morgan fingerprint density at radius 3 is 2.69 bits per heavy atom. The minimum absolute atomic E-state index is 0.119. The first-order chi connectivity index (χ1) is 12.3. The van der Waals surface area contributed by atoms with E-state index in [2.05, 4.69) is 10.1 Å². The molecule has 1 aliphatic rings. The van der Waals surface area contributed by atoms with E-state index in [-0.39, 0.29) is 34.2 Å². The highest BCUT2D eigenvalue weighted by Crippen LogP contribution is 2.21. The Bertz CT molecular complexity index is 923. The zero-order chi connectivity index (χ0) is 18.9. The van der Waals surface area contributed by atoms with Gasteiger partial charge in [0.15, 0.2) is 0 Å². The van der Waals surface area contributed by atoms with Gasteiger partial charge in [-0.15, -0.1) is 0 Å². The maximum atomic E-state index is 12.8. The van der Waals surface area contributed by atoms with Crippen molar-refractivity contribution < 1.29 is 4.79 Å². The molecule has 1 atom stereocenters. The minimum Gasteiger partial charge on any atom is -0.333 e. The molecule has 26 heavy (non-hydrogen) atoms. The molecule has 3 heterocycles. The monoisotopic (exact) mass is 356 g/mol. The summed E-state index contributed by atoms with van der Waals surface area (Å²) in [6.45, 7) is 7.09. The van der Waals surface area contributed by atoms with Crippen LogP contribution in [0.15, 0.2) is 39.9 Å². The van der Waals surface area contributed by atoms with Crippen molar-refractivity contribution in [2.24, 2.45) is 0 Å². The van der Waals surface area contributed by atoms with Gasteiger partial charge in [0.05, 0.1) is 18.3 Å². The lowest BCUT2D eigenvalue weighted by molar-refractivity contribution is 0.0713. The number of hydrogen-bond acceptors (Lipinski definition) is 4. The first kappa shape index (κ1) is 18.1. The number of rotatable bonds is 3. The summed E-state index contributed by atoms with van der Waals surface area (Å²) in [5.74, 6) is -0.217. The smallest absolute Gasteiger partial charge is 0.270 e. The summed E-state index contributed by atoms with van der Waals surface area (Å²) in [5.41, 5.74) is 0.464. The van der Waals surface area contributed by atoms with Crippen molar-refractivity contribution in [3.63, 3.8) is 0 Å². The van der Waals surface area contributed by atoms with Crippen molar-refractivity contribution >= 4 is 5.91 Å². The number of carbonyl (C=O) groups excluding carboxylic acids is 1. The molecule has 1 fully saturated rings. The number of aromatic nitrogens is 3. The van der Waals surface area contributed by atoms with E-state index >= 15 is 0 Å². The summed E-state index contributed by atoms with van der Waals surface area (Å²) >= 11 is 0. The molecule has 2 aromatic heterocycles. The van der Waals surface area contributed by atoms with E-state index in [9.17, 15) is 14.4 Å². The second-order valence-corrected chi connectivity index (χ2v) is 7.71. The topological polar surface area (TPSA) is 88.1 Å². The van der Waals surface area contributed by atoms with Gasteiger partial charge in [0.2, 0.25) is 5.56 Å². The Balaban J connectivity index is 1.84. The van der Waals surface area contributed by atoms with Crippen LogP contribution < -0.4 is 11.1 Å². The third-order valence-corrected chi connectivity index (χ3v) is 4.66. The molecular formula is C19H24N4O3. The largest absolute Gasteiger partial charge is 0.333 e. The van der Waals surface area contributed by atoms with Crippen molar-refractivity contribution in [2.75, 3.05) is 6.54 Å². The standard InChI is InChI=1S/C19H24N4O3/c1-19(2,3)15-9-10-17(25)23(21-15)12-13-6-5-11-22(13)18(26)14-7-4-8-16(24)20-14/h4,7-10,13H,5-6,11-12H2,1-3H3,(H,20,24). The Morgan fingerprint density at radius 2 is 2.00 bits per heavy atom. The first-order valence-electron chi connectivity index (χ1n) is 8.85. The lowest BCUT2D eigenvalue weighted by Crippen LogP contribution is -2.41. The maximum Gasteiger partial charge on any atom is 0.270 e. The van der Waals surface area contributed by atoms with Crippen LogP contribution in [-0.4, -0.2) is 38.2 Å². The van der Waals surface area contributed by atoms with E-state index in [1.807, 2.05) is 20.8 Å². The van der Waals surface area contributed by atoms with Crippen molar-refractivity contribution in [1.82, 2.24) is 19.7 Å². The number of aromatic amines is 1. The Kier molecular flexibility index (Phi) is 4.80. The summed E-state index contributed by atoms with van der Waals surface area (Å²) in [6.07, 6.45) is 1.66. The van der Waals surface area contributed by atoms with Gasteiger partial charge in [-0.05, 0) is 25.0 Å². The van der Waals surface area contributed by atoms with Crippen molar-refractivity contribution in [2.45, 2.75) is 51.6 Å². The van der Waals surface area contributed by atoms with Crippen LogP contribution in [0.25, 0.3) is 0 Å². The van der Waals surface area contributed by atoms with Gasteiger partial charge in [-0.25, -0.2) is 4.68 Å². The highest BCUT2D eigenvalue weighted by molar-refractivity contribution is 5.92. The summed E-state index contributed by atoms with van der Waals surface area (Å²) in [4.78, 5) is 40.8. The van der Waals surface area contributed by atoms with Gasteiger partial charge in [-0.2, -0.15) is 5.10 Å². The molecule has 7 heteroatoms. The maximum absolute atomic E-state index is 12.8. The van der Waals surface area contributed by atoms with Crippen LogP contribution in [0, 0.1) is 0 Å². The van der Waals surface area contributed by atoms with E-state index in [1.165, 1.54) is 16.8 Å².